The number of aliphatic hydroxyl groups excluding tert-OH is 7. The van der Waals surface area contributed by atoms with Crippen LogP contribution < -0.4 is 14.2 Å². The van der Waals surface area contributed by atoms with Crippen LogP contribution in [-0.2, 0) is 25.4 Å². The number of carbonyl (C=O) groups is 2. The van der Waals surface area contributed by atoms with E-state index in [-0.39, 0.29) is 40.5 Å². The minimum absolute atomic E-state index is 0.0286. The van der Waals surface area contributed by atoms with Gasteiger partial charge >= 0.3 is 5.97 Å². The van der Waals surface area contributed by atoms with E-state index >= 15 is 0 Å². The Labute approximate surface area is 324 Å². The Balaban J connectivity index is 1.21. The van der Waals surface area contributed by atoms with Crippen molar-refractivity contribution in [3.8, 4) is 34.5 Å². The lowest BCUT2D eigenvalue weighted by atomic mass is 9.82. The van der Waals surface area contributed by atoms with E-state index in [2.05, 4.69) is 0 Å². The monoisotopic (exact) mass is 798 g/mol. The van der Waals surface area contributed by atoms with Crippen LogP contribution in [0.1, 0.15) is 38.7 Å². The van der Waals surface area contributed by atoms with Gasteiger partial charge < -0.3 is 79.5 Å². The number of carbonyl (C=O) groups excluding carboxylic acids is 2. The first-order valence-electron chi connectivity index (χ1n) is 17.6. The van der Waals surface area contributed by atoms with E-state index in [0.29, 0.717) is 16.7 Å². The fraction of sp³-hybridized carbons (Fsp3) is 0.385. The summed E-state index contributed by atoms with van der Waals surface area (Å²) in [6.07, 6.45) is -13.7. The van der Waals surface area contributed by atoms with E-state index in [9.17, 15) is 60.7 Å². The molecule has 57 heavy (non-hydrogen) atoms. The maximum atomic E-state index is 13.6. The van der Waals surface area contributed by atoms with Crippen LogP contribution in [-0.4, -0.2) is 145 Å². The number of ether oxygens (including phenoxy) is 6. The third-order valence-corrected chi connectivity index (χ3v) is 9.98. The number of ketones is 1. The predicted molar refractivity (Wildman–Crippen MR) is 193 cm³/mol. The first-order chi connectivity index (χ1) is 27.2. The SMILES string of the molecule is COc1cc(/C=C/C(=O)Oc2ccc(C3=CC(=O)c4c(cc(O)c([C@@H]5O[C@H](CO)[C@@H](O)[C@H](O)[C@H]5O[C@@H]5O[C@H](CO)[C@@H](O)[C@H](O)[C@H]5O)c4O)C3)cc2)cc(OC)c1O. The van der Waals surface area contributed by atoms with Crippen LogP contribution in [0.25, 0.3) is 11.6 Å². The molecule has 3 aliphatic rings. The Bertz CT molecular complexity index is 2000. The van der Waals surface area contributed by atoms with Crippen LogP contribution in [0.5, 0.6) is 34.5 Å². The number of hydrogen-bond donors (Lipinski definition) is 10. The highest BCUT2D eigenvalue weighted by Crippen LogP contribution is 2.47. The van der Waals surface area contributed by atoms with Crippen molar-refractivity contribution in [3.05, 3.63) is 82.4 Å². The van der Waals surface area contributed by atoms with E-state index < -0.39 is 103 Å². The maximum absolute atomic E-state index is 13.6. The van der Waals surface area contributed by atoms with E-state index in [1.54, 1.807) is 12.1 Å². The Morgan fingerprint density at radius 1 is 0.807 bits per heavy atom. The number of phenols is 3. The van der Waals surface area contributed by atoms with Crippen molar-refractivity contribution in [3.63, 3.8) is 0 Å². The quantitative estimate of drug-likeness (QED) is 0.0671. The Kier molecular flexibility index (Phi) is 12.5. The topological polar surface area (TPSA) is 292 Å². The molecule has 0 radical (unpaired) electrons. The fourth-order valence-corrected chi connectivity index (χ4v) is 6.96. The molecular weight excluding hydrogens is 756 g/mol. The standard InChI is InChI=1S/C39H42O18/c1-52-23-9-16(10-24(53-2)30(23)45)3-8-27(44)54-20-6-4-17(5-7-20)18-11-19-13-22(43)29(33(48)28(19)21(42)12-18)37-38(35(50)32(47)25(14-40)55-37)57-39-36(51)34(49)31(46)26(15-41)56-39/h3-10,12-13,25-26,31-32,34-41,43,45-51H,11,14-15H2,1-2H3/b8-3+/t25-,26-,31-,32-,34+,35+,36-,37+,38-,39+/m1/s1. The molecule has 2 saturated heterocycles. The third-order valence-electron chi connectivity index (χ3n) is 9.98. The first kappa shape index (κ1) is 41.5. The van der Waals surface area contributed by atoms with Gasteiger partial charge in [0.05, 0.1) is 38.6 Å². The largest absolute Gasteiger partial charge is 0.507 e. The van der Waals surface area contributed by atoms with Gasteiger partial charge in [0.15, 0.2) is 23.6 Å². The second-order valence-electron chi connectivity index (χ2n) is 13.5. The molecule has 10 atom stereocenters. The van der Waals surface area contributed by atoms with Gasteiger partial charge in [-0.3, -0.25) is 4.79 Å². The molecule has 2 heterocycles. The smallest absolute Gasteiger partial charge is 0.336 e. The molecule has 3 aromatic carbocycles. The number of aromatic hydroxyl groups is 3. The summed E-state index contributed by atoms with van der Waals surface area (Å²) in [5, 5.41) is 105. The lowest BCUT2D eigenvalue weighted by Crippen LogP contribution is -2.62. The van der Waals surface area contributed by atoms with E-state index in [4.69, 9.17) is 28.4 Å². The van der Waals surface area contributed by atoms with Crippen molar-refractivity contribution in [1.29, 1.82) is 0 Å². The van der Waals surface area contributed by atoms with Gasteiger partial charge in [-0.25, -0.2) is 4.79 Å². The van der Waals surface area contributed by atoms with Gasteiger partial charge in [-0.05, 0) is 71.2 Å². The minimum Gasteiger partial charge on any atom is -0.507 e. The Hall–Kier alpha value is -5.12. The second-order valence-corrected chi connectivity index (χ2v) is 13.5. The molecule has 0 amide bonds. The van der Waals surface area contributed by atoms with Crippen molar-refractivity contribution in [2.75, 3.05) is 27.4 Å². The molecule has 6 rings (SSSR count). The molecule has 2 aliphatic heterocycles. The number of aliphatic hydroxyl groups is 7. The summed E-state index contributed by atoms with van der Waals surface area (Å²) in [5.41, 5.74) is 1.00. The lowest BCUT2D eigenvalue weighted by molar-refractivity contribution is -0.342. The number of benzene rings is 3. The zero-order valence-electron chi connectivity index (χ0n) is 30.4. The second kappa shape index (κ2) is 17.2. The van der Waals surface area contributed by atoms with E-state index in [1.165, 1.54) is 62.8 Å². The number of hydrogen-bond acceptors (Lipinski definition) is 18. The molecule has 3 aromatic rings. The maximum Gasteiger partial charge on any atom is 0.336 e. The highest BCUT2D eigenvalue weighted by Gasteiger charge is 2.52. The number of methoxy groups -OCH3 is 2. The molecule has 18 nitrogen and oxygen atoms in total. The number of rotatable bonds is 11. The van der Waals surface area contributed by atoms with Crippen molar-refractivity contribution >= 4 is 23.4 Å². The summed E-state index contributed by atoms with van der Waals surface area (Å²) in [4.78, 5) is 26.2. The van der Waals surface area contributed by atoms with Crippen LogP contribution in [0.15, 0.2) is 54.6 Å². The molecule has 0 saturated carbocycles. The summed E-state index contributed by atoms with van der Waals surface area (Å²) >= 11 is 0. The van der Waals surface area contributed by atoms with E-state index in [1.807, 2.05) is 0 Å². The predicted octanol–water partition coefficient (Wildman–Crippen LogP) is -0.399. The zero-order valence-corrected chi connectivity index (χ0v) is 30.4. The zero-order chi connectivity index (χ0) is 41.3. The summed E-state index contributed by atoms with van der Waals surface area (Å²) in [6.45, 7) is -1.64. The van der Waals surface area contributed by atoms with Crippen molar-refractivity contribution < 1.29 is 89.1 Å². The van der Waals surface area contributed by atoms with Gasteiger partial charge in [0.25, 0.3) is 0 Å². The summed E-state index contributed by atoms with van der Waals surface area (Å²) in [5.74, 6) is -2.53. The van der Waals surface area contributed by atoms with E-state index in [0.717, 1.165) is 0 Å². The Morgan fingerprint density at radius 2 is 1.42 bits per heavy atom. The number of phenolic OH excluding ortho intramolecular Hbond substituents is 3. The van der Waals surface area contributed by atoms with Crippen LogP contribution in [0.4, 0.5) is 0 Å². The molecule has 0 aromatic heterocycles. The van der Waals surface area contributed by atoms with Crippen LogP contribution >= 0.6 is 0 Å². The molecule has 1 aliphatic carbocycles. The van der Waals surface area contributed by atoms with Gasteiger partial charge in [0.1, 0.15) is 72.2 Å². The van der Waals surface area contributed by atoms with Gasteiger partial charge in [-0.1, -0.05) is 12.1 Å². The van der Waals surface area contributed by atoms with Gasteiger partial charge in [-0.15, -0.1) is 0 Å². The Morgan fingerprint density at radius 3 is 2.04 bits per heavy atom. The molecule has 2 fully saturated rings. The lowest BCUT2D eigenvalue weighted by Gasteiger charge is -2.46. The highest BCUT2D eigenvalue weighted by molar-refractivity contribution is 6.14. The van der Waals surface area contributed by atoms with Crippen LogP contribution in [0, 0.1) is 0 Å². The first-order valence-corrected chi connectivity index (χ1v) is 17.6. The molecule has 0 unspecified atom stereocenters. The van der Waals surface area contributed by atoms with Gasteiger partial charge in [0, 0.05) is 6.08 Å². The number of esters is 1. The van der Waals surface area contributed by atoms with Crippen molar-refractivity contribution in [2.45, 2.75) is 67.6 Å². The third kappa shape index (κ3) is 8.18. The van der Waals surface area contributed by atoms with Crippen LogP contribution in [0.2, 0.25) is 0 Å². The number of fused-ring (bicyclic) bond motifs is 1. The normalized spacial score (nSPS) is 28.8. The summed E-state index contributed by atoms with van der Waals surface area (Å²) in [6, 6.07) is 10.4. The molecular formula is C39H42O18. The van der Waals surface area contributed by atoms with Gasteiger partial charge in [-0.2, -0.15) is 0 Å². The molecule has 10 N–H and O–H groups in total. The van der Waals surface area contributed by atoms with Crippen molar-refractivity contribution in [1.82, 2.24) is 0 Å². The molecule has 306 valence electrons. The molecule has 0 bridgehead atoms. The molecule has 18 heteroatoms. The average Bonchev–Trinajstić information content (AvgIpc) is 3.19. The number of allylic oxidation sites excluding steroid dienone is 2. The summed E-state index contributed by atoms with van der Waals surface area (Å²) in [7, 11) is 2.74. The minimum atomic E-state index is -1.94. The van der Waals surface area contributed by atoms with Crippen LogP contribution in [0.3, 0.4) is 0 Å². The van der Waals surface area contributed by atoms with Crippen molar-refractivity contribution in [2.24, 2.45) is 0 Å². The summed E-state index contributed by atoms with van der Waals surface area (Å²) < 4.78 is 32.5. The molecule has 0 spiro atoms. The average molecular weight is 799 g/mol. The van der Waals surface area contributed by atoms with Gasteiger partial charge in [0.2, 0.25) is 5.75 Å². The highest BCUT2D eigenvalue weighted by atomic mass is 16.7. The fourth-order valence-electron chi connectivity index (χ4n) is 6.96.